The van der Waals surface area contributed by atoms with Gasteiger partial charge >= 0.3 is 0 Å². The van der Waals surface area contributed by atoms with Crippen LogP contribution in [-0.4, -0.2) is 0 Å². The third-order valence-corrected chi connectivity index (χ3v) is 11.3. The molecule has 0 saturated heterocycles. The summed E-state index contributed by atoms with van der Waals surface area (Å²) in [5, 5.41) is 8.07. The highest BCUT2D eigenvalue weighted by Crippen LogP contribution is 2.46. The van der Waals surface area contributed by atoms with Crippen LogP contribution in [0.2, 0.25) is 0 Å². The maximum Gasteiger partial charge on any atom is 0.190 e. The van der Waals surface area contributed by atoms with E-state index in [-0.39, 0.29) is 0 Å². The Labute approximate surface area is 308 Å². The fourth-order valence-corrected chi connectivity index (χ4v) is 8.90. The van der Waals surface area contributed by atoms with Crippen molar-refractivity contribution in [2.75, 3.05) is 9.80 Å². The molecule has 0 unspecified atom stereocenters. The van der Waals surface area contributed by atoms with Crippen LogP contribution < -0.4 is 9.80 Å². The summed E-state index contributed by atoms with van der Waals surface area (Å²) in [4.78, 5) is 5.58. The molecule has 0 aliphatic heterocycles. The molecule has 0 N–H and O–H groups in total. The first-order valence-electron chi connectivity index (χ1n) is 17.7. The van der Waals surface area contributed by atoms with Gasteiger partial charge in [0.25, 0.3) is 0 Å². The summed E-state index contributed by atoms with van der Waals surface area (Å²) >= 11 is 1.70. The molecule has 0 fully saturated rings. The van der Waals surface area contributed by atoms with E-state index in [4.69, 9.17) is 8.83 Å². The average molecular weight is 699 g/mol. The highest BCUT2D eigenvalue weighted by Gasteiger charge is 2.21. The zero-order valence-electron chi connectivity index (χ0n) is 28.4. The monoisotopic (exact) mass is 698 g/mol. The maximum atomic E-state index is 6.56. The molecule has 3 aromatic heterocycles. The van der Waals surface area contributed by atoms with Crippen LogP contribution >= 0.6 is 11.3 Å². The van der Waals surface area contributed by atoms with Gasteiger partial charge in [-0.05, 0) is 102 Å². The molecular weight excluding hydrogens is 669 g/mol. The number of anilines is 6. The summed E-state index contributed by atoms with van der Waals surface area (Å²) in [5.41, 5.74) is 9.19. The molecular formula is C48H30N2O2S. The molecule has 0 spiro atoms. The molecule has 5 heteroatoms. The first kappa shape index (κ1) is 29.9. The lowest BCUT2D eigenvalue weighted by molar-refractivity contribution is 0.669. The lowest BCUT2D eigenvalue weighted by atomic mass is 10.1. The van der Waals surface area contributed by atoms with Crippen molar-refractivity contribution in [2.45, 2.75) is 0 Å². The number of rotatable bonds is 6. The maximum absolute atomic E-state index is 6.56. The molecule has 11 rings (SSSR count). The largest absolute Gasteiger partial charge is 0.456 e. The molecule has 0 atom stereocenters. The quantitative estimate of drug-likeness (QED) is 0.173. The Morgan fingerprint density at radius 3 is 1.66 bits per heavy atom. The van der Waals surface area contributed by atoms with Gasteiger partial charge in [0, 0.05) is 65.8 Å². The van der Waals surface area contributed by atoms with Crippen molar-refractivity contribution in [3.63, 3.8) is 0 Å². The second-order valence-electron chi connectivity index (χ2n) is 13.4. The van der Waals surface area contributed by atoms with Gasteiger partial charge < -0.3 is 18.6 Å². The molecule has 0 radical (unpaired) electrons. The highest BCUT2D eigenvalue weighted by molar-refractivity contribution is 7.25. The van der Waals surface area contributed by atoms with Crippen molar-refractivity contribution in [3.8, 4) is 0 Å². The molecule has 11 aromatic rings. The van der Waals surface area contributed by atoms with Gasteiger partial charge in [-0.1, -0.05) is 102 Å². The van der Waals surface area contributed by atoms with Crippen LogP contribution in [0.25, 0.3) is 64.0 Å². The van der Waals surface area contributed by atoms with E-state index in [2.05, 4.69) is 180 Å². The minimum atomic E-state index is 0.881. The van der Waals surface area contributed by atoms with Crippen molar-refractivity contribution >= 4 is 110 Å². The van der Waals surface area contributed by atoms with Crippen LogP contribution in [0.1, 0.15) is 0 Å². The topological polar surface area (TPSA) is 32.8 Å². The van der Waals surface area contributed by atoms with Crippen LogP contribution in [-0.2, 0) is 0 Å². The minimum Gasteiger partial charge on any atom is -0.456 e. The third kappa shape index (κ3) is 4.90. The van der Waals surface area contributed by atoms with E-state index in [1.807, 2.05) is 12.1 Å². The summed E-state index contributed by atoms with van der Waals surface area (Å²) in [6.45, 7) is 0. The molecule has 8 aromatic carbocycles. The molecule has 0 aliphatic carbocycles. The average Bonchev–Trinajstić information content (AvgIpc) is 3.88. The van der Waals surface area contributed by atoms with Gasteiger partial charge in [0.15, 0.2) is 4.90 Å². The lowest BCUT2D eigenvalue weighted by Gasteiger charge is -2.26. The molecule has 53 heavy (non-hydrogen) atoms. The number of hydrogen-bond acceptors (Lipinski definition) is 5. The molecule has 0 amide bonds. The summed E-state index contributed by atoms with van der Waals surface area (Å²) < 4.78 is 13.9. The van der Waals surface area contributed by atoms with Crippen molar-refractivity contribution in [1.29, 1.82) is 0 Å². The number of para-hydroxylation sites is 3. The Morgan fingerprint density at radius 2 is 0.887 bits per heavy atom. The van der Waals surface area contributed by atoms with Gasteiger partial charge in [0.2, 0.25) is 0 Å². The van der Waals surface area contributed by atoms with Crippen LogP contribution in [0.5, 0.6) is 0 Å². The third-order valence-electron chi connectivity index (χ3n) is 10.2. The number of furan rings is 2. The van der Waals surface area contributed by atoms with Crippen LogP contribution in [0.4, 0.5) is 34.1 Å². The predicted octanol–water partition coefficient (Wildman–Crippen LogP) is 14.8. The molecule has 0 aliphatic rings. The Bertz CT molecular complexity index is 3100. The predicted molar refractivity (Wildman–Crippen MR) is 223 cm³/mol. The summed E-state index contributed by atoms with van der Waals surface area (Å²) in [6, 6.07) is 64.4. The van der Waals surface area contributed by atoms with Gasteiger partial charge in [-0.15, -0.1) is 0 Å². The van der Waals surface area contributed by atoms with Crippen LogP contribution in [0, 0.1) is 0 Å². The summed E-state index contributed by atoms with van der Waals surface area (Å²) in [5.74, 6) is 0. The molecule has 4 nitrogen and oxygen atoms in total. The fourth-order valence-electron chi connectivity index (χ4n) is 7.79. The molecule has 250 valence electrons. The Balaban J connectivity index is 1.08. The van der Waals surface area contributed by atoms with Gasteiger partial charge in [-0.25, -0.2) is 0 Å². The Morgan fingerprint density at radius 1 is 0.340 bits per heavy atom. The number of thiophene rings is 1. The highest BCUT2D eigenvalue weighted by atomic mass is 32.1. The minimum absolute atomic E-state index is 0.881. The first-order valence-corrected chi connectivity index (χ1v) is 18.6. The van der Waals surface area contributed by atoms with E-state index < -0.39 is 0 Å². The smallest absolute Gasteiger partial charge is 0.190 e. The zero-order chi connectivity index (χ0) is 34.9. The van der Waals surface area contributed by atoms with Gasteiger partial charge in [-0.2, -0.15) is 0 Å². The van der Waals surface area contributed by atoms with Gasteiger partial charge in [0.1, 0.15) is 16.7 Å². The van der Waals surface area contributed by atoms with E-state index in [1.165, 1.54) is 20.9 Å². The lowest BCUT2D eigenvalue weighted by Crippen LogP contribution is -2.09. The summed E-state index contributed by atoms with van der Waals surface area (Å²) in [7, 11) is 0. The second kappa shape index (κ2) is 11.9. The first-order chi connectivity index (χ1) is 26.2. The number of benzene rings is 8. The van der Waals surface area contributed by atoms with Crippen molar-refractivity contribution in [1.82, 2.24) is 0 Å². The van der Waals surface area contributed by atoms with E-state index in [9.17, 15) is 0 Å². The van der Waals surface area contributed by atoms with E-state index in [1.54, 1.807) is 11.3 Å². The zero-order valence-corrected chi connectivity index (χ0v) is 29.3. The van der Waals surface area contributed by atoms with Crippen molar-refractivity contribution in [3.05, 3.63) is 182 Å². The molecule has 0 saturated carbocycles. The summed E-state index contributed by atoms with van der Waals surface area (Å²) in [6.07, 6.45) is 0. The SMILES string of the molecule is c1ccc(N(c2ccccc2)c2ccc3oc4sc5cc(N(c6ccc7ccccc7c6)c6ccc7oc8ccccc8c7c6)ccc5c4c3c2)cc1. The van der Waals surface area contributed by atoms with E-state index in [0.717, 1.165) is 77.3 Å². The number of nitrogens with zero attached hydrogens (tertiary/aromatic N) is 2. The second-order valence-corrected chi connectivity index (χ2v) is 14.4. The Hall–Kier alpha value is -6.82. The van der Waals surface area contributed by atoms with Crippen molar-refractivity contribution in [2.24, 2.45) is 0 Å². The van der Waals surface area contributed by atoms with Crippen LogP contribution in [0.15, 0.2) is 191 Å². The van der Waals surface area contributed by atoms with Gasteiger partial charge in [-0.3, -0.25) is 0 Å². The van der Waals surface area contributed by atoms with Gasteiger partial charge in [0.05, 0.1) is 0 Å². The number of hydrogen-bond donors (Lipinski definition) is 0. The van der Waals surface area contributed by atoms with Crippen molar-refractivity contribution < 1.29 is 8.83 Å². The Kier molecular flexibility index (Phi) is 6.69. The normalized spacial score (nSPS) is 11.8. The standard InChI is InChI=1S/C48H30N2O2S/c1-3-13-33(14-4-1)49(34-15-5-2-6-16-34)37-23-26-45-42(29-37)47-40-24-21-38(30-46(40)53-48(47)52-45)50(35-20-19-31-11-7-8-12-32(31)27-35)36-22-25-44-41(28-36)39-17-9-10-18-43(39)51-44/h1-30H. The number of fused-ring (bicyclic) bond motifs is 9. The van der Waals surface area contributed by atoms with Crippen LogP contribution in [0.3, 0.4) is 0 Å². The van der Waals surface area contributed by atoms with E-state index >= 15 is 0 Å². The van der Waals surface area contributed by atoms with E-state index in [0.29, 0.717) is 0 Å². The molecule has 0 bridgehead atoms. The molecule has 3 heterocycles. The fraction of sp³-hybridized carbons (Fsp3) is 0.